The zero-order valence-electron chi connectivity index (χ0n) is 15.8. The van der Waals surface area contributed by atoms with Gasteiger partial charge < -0.3 is 4.57 Å². The van der Waals surface area contributed by atoms with E-state index in [-0.39, 0.29) is 23.0 Å². The number of hydrogen-bond acceptors (Lipinski definition) is 4. The number of fused-ring (bicyclic) bond motifs is 2. The molecule has 5 heterocycles. The number of aryl methyl sites for hydroxylation is 2. The third-order valence-electron chi connectivity index (χ3n) is 6.71. The first-order valence-electron chi connectivity index (χ1n) is 9.75. The fraction of sp³-hybridized carbons (Fsp3) is 0.550. The first-order chi connectivity index (χ1) is 12.9. The SMILES string of the molecule is Cc1ccc([C@H]2CN(S(=O)(=O)c3cn(C)cn3)[C@H]3C4CCN(CC4)[C@@H]23)cc1. The van der Waals surface area contributed by atoms with Crippen molar-refractivity contribution in [1.29, 1.82) is 0 Å². The molecule has 3 atom stereocenters. The molecule has 0 N–H and O–H groups in total. The standard InChI is InChI=1S/C20H26N4O2S/c1-14-3-5-15(6-4-14)17-11-24(27(25,26)18-12-22(2)13-21-18)19-16-7-9-23(10-8-16)20(17)19/h3-6,12-13,16-17,19-20H,7-11H2,1-2H3/t17-,19+,20+/m1/s1. The number of aromatic nitrogens is 2. The zero-order chi connectivity index (χ0) is 18.8. The second-order valence-electron chi connectivity index (χ2n) is 8.32. The average molecular weight is 387 g/mol. The lowest BCUT2D eigenvalue weighted by Gasteiger charge is -2.50. The van der Waals surface area contributed by atoms with Crippen LogP contribution in [-0.4, -0.2) is 58.9 Å². The van der Waals surface area contributed by atoms with Crippen LogP contribution in [0.2, 0.25) is 0 Å². The highest BCUT2D eigenvalue weighted by Gasteiger charge is 2.56. The maximum Gasteiger partial charge on any atom is 0.262 e. The third-order valence-corrected chi connectivity index (χ3v) is 8.46. The third kappa shape index (κ3) is 2.67. The van der Waals surface area contributed by atoms with Crippen LogP contribution in [0.3, 0.4) is 0 Å². The maximum absolute atomic E-state index is 13.4. The van der Waals surface area contributed by atoms with Crippen LogP contribution in [0.25, 0.3) is 0 Å². The first-order valence-corrected chi connectivity index (χ1v) is 11.2. The molecule has 0 amide bonds. The zero-order valence-corrected chi connectivity index (χ0v) is 16.6. The van der Waals surface area contributed by atoms with Crippen molar-refractivity contribution < 1.29 is 8.42 Å². The summed E-state index contributed by atoms with van der Waals surface area (Å²) in [5, 5.41) is 0.171. The monoisotopic (exact) mass is 386 g/mol. The van der Waals surface area contributed by atoms with Gasteiger partial charge in [-0.15, -0.1) is 0 Å². The van der Waals surface area contributed by atoms with Crippen LogP contribution < -0.4 is 0 Å². The van der Waals surface area contributed by atoms with Crippen LogP contribution in [0.5, 0.6) is 0 Å². The Hall–Kier alpha value is -1.70. The van der Waals surface area contributed by atoms with E-state index in [2.05, 4.69) is 41.1 Å². The van der Waals surface area contributed by atoms with Crippen LogP contribution >= 0.6 is 0 Å². The minimum atomic E-state index is -3.59. The molecule has 4 aliphatic rings. The molecule has 6 rings (SSSR count). The van der Waals surface area contributed by atoms with E-state index >= 15 is 0 Å². The van der Waals surface area contributed by atoms with Gasteiger partial charge in [0.05, 0.1) is 6.33 Å². The van der Waals surface area contributed by atoms with Crippen molar-refractivity contribution >= 4 is 10.0 Å². The molecule has 0 radical (unpaired) electrons. The molecule has 2 aromatic rings. The summed E-state index contributed by atoms with van der Waals surface area (Å²) in [5.41, 5.74) is 2.48. The van der Waals surface area contributed by atoms with Gasteiger partial charge in [0.15, 0.2) is 5.03 Å². The van der Waals surface area contributed by atoms with Gasteiger partial charge in [0.2, 0.25) is 0 Å². The minimum absolute atomic E-state index is 0.0609. The van der Waals surface area contributed by atoms with E-state index < -0.39 is 10.0 Å². The van der Waals surface area contributed by atoms with Crippen molar-refractivity contribution in [1.82, 2.24) is 18.8 Å². The predicted octanol–water partition coefficient (Wildman–Crippen LogP) is 1.98. The molecule has 4 saturated heterocycles. The molecule has 1 aromatic carbocycles. The van der Waals surface area contributed by atoms with Crippen molar-refractivity contribution in [2.24, 2.45) is 13.0 Å². The molecule has 144 valence electrons. The van der Waals surface area contributed by atoms with Crippen molar-refractivity contribution in [2.75, 3.05) is 19.6 Å². The van der Waals surface area contributed by atoms with Crippen LogP contribution in [0.4, 0.5) is 0 Å². The van der Waals surface area contributed by atoms with E-state index in [0.717, 1.165) is 25.9 Å². The van der Waals surface area contributed by atoms with E-state index in [1.165, 1.54) is 11.1 Å². The molecular formula is C20H26N4O2S. The van der Waals surface area contributed by atoms with Crippen LogP contribution in [0.1, 0.15) is 29.9 Å². The predicted molar refractivity (Wildman–Crippen MR) is 103 cm³/mol. The Morgan fingerprint density at radius 2 is 1.78 bits per heavy atom. The van der Waals surface area contributed by atoms with Gasteiger partial charge in [-0.2, -0.15) is 4.31 Å². The summed E-state index contributed by atoms with van der Waals surface area (Å²) in [6, 6.07) is 8.96. The summed E-state index contributed by atoms with van der Waals surface area (Å²) < 4.78 is 30.4. The lowest BCUT2D eigenvalue weighted by atomic mass is 9.75. The lowest BCUT2D eigenvalue weighted by molar-refractivity contribution is 0.0122. The smallest absolute Gasteiger partial charge is 0.262 e. The van der Waals surface area contributed by atoms with Crippen molar-refractivity contribution in [3.8, 4) is 0 Å². The van der Waals surface area contributed by atoms with E-state index in [9.17, 15) is 8.42 Å². The summed E-state index contributed by atoms with van der Waals surface area (Å²) in [5.74, 6) is 0.672. The van der Waals surface area contributed by atoms with Gasteiger partial charge in [0, 0.05) is 37.8 Å². The molecule has 0 aliphatic carbocycles. The maximum atomic E-state index is 13.4. The van der Waals surface area contributed by atoms with Crippen LogP contribution in [0, 0.1) is 12.8 Å². The van der Waals surface area contributed by atoms with E-state index in [0.29, 0.717) is 12.5 Å². The summed E-state index contributed by atoms with van der Waals surface area (Å²) >= 11 is 0. The molecule has 0 unspecified atom stereocenters. The summed E-state index contributed by atoms with van der Waals surface area (Å²) in [6.07, 6.45) is 5.37. The number of hydrogen-bond donors (Lipinski definition) is 0. The Kier molecular flexibility index (Phi) is 3.97. The van der Waals surface area contributed by atoms with Gasteiger partial charge in [0.1, 0.15) is 0 Å². The number of benzene rings is 1. The molecule has 4 aliphatic heterocycles. The molecule has 0 spiro atoms. The Bertz CT molecular complexity index is 945. The summed E-state index contributed by atoms with van der Waals surface area (Å²) in [6.45, 7) is 4.81. The number of nitrogens with zero attached hydrogens (tertiary/aromatic N) is 4. The van der Waals surface area contributed by atoms with Gasteiger partial charge in [-0.3, -0.25) is 4.90 Å². The molecule has 4 fully saturated rings. The van der Waals surface area contributed by atoms with Crippen molar-refractivity contribution in [2.45, 2.75) is 42.8 Å². The molecule has 27 heavy (non-hydrogen) atoms. The van der Waals surface area contributed by atoms with Gasteiger partial charge in [-0.1, -0.05) is 29.8 Å². The van der Waals surface area contributed by atoms with Crippen LogP contribution in [-0.2, 0) is 17.1 Å². The number of rotatable bonds is 3. The fourth-order valence-corrected chi connectivity index (χ4v) is 7.09. The van der Waals surface area contributed by atoms with E-state index in [1.807, 2.05) is 7.05 Å². The molecule has 0 saturated carbocycles. The normalized spacial score (nSPS) is 33.3. The fourth-order valence-electron chi connectivity index (χ4n) is 5.39. The average Bonchev–Trinajstić information content (AvgIpc) is 3.29. The topological polar surface area (TPSA) is 58.4 Å². The highest BCUT2D eigenvalue weighted by molar-refractivity contribution is 7.89. The molecule has 2 bridgehead atoms. The Morgan fingerprint density at radius 1 is 1.07 bits per heavy atom. The summed E-state index contributed by atoms with van der Waals surface area (Å²) in [7, 11) is -1.78. The number of imidazole rings is 1. The lowest BCUT2D eigenvalue weighted by Crippen LogP contribution is -2.60. The quantitative estimate of drug-likeness (QED) is 0.809. The second kappa shape index (κ2) is 6.15. The Labute approximate surface area is 160 Å². The highest BCUT2D eigenvalue weighted by atomic mass is 32.2. The van der Waals surface area contributed by atoms with Crippen molar-refractivity contribution in [3.63, 3.8) is 0 Å². The minimum Gasteiger partial charge on any atom is -0.339 e. The van der Waals surface area contributed by atoms with E-state index in [1.54, 1.807) is 21.4 Å². The van der Waals surface area contributed by atoms with Crippen molar-refractivity contribution in [3.05, 3.63) is 47.9 Å². The van der Waals surface area contributed by atoms with Gasteiger partial charge >= 0.3 is 0 Å². The molecule has 1 aromatic heterocycles. The van der Waals surface area contributed by atoms with Crippen LogP contribution in [0.15, 0.2) is 41.8 Å². The highest BCUT2D eigenvalue weighted by Crippen LogP contribution is 2.48. The second-order valence-corrected chi connectivity index (χ2v) is 10.2. The van der Waals surface area contributed by atoms with Gasteiger partial charge in [-0.05, 0) is 44.3 Å². The summed E-state index contributed by atoms with van der Waals surface area (Å²) in [4.78, 5) is 6.69. The van der Waals surface area contributed by atoms with Gasteiger partial charge in [-0.25, -0.2) is 13.4 Å². The Morgan fingerprint density at radius 3 is 2.41 bits per heavy atom. The van der Waals surface area contributed by atoms with Gasteiger partial charge in [0.25, 0.3) is 10.0 Å². The molecular weight excluding hydrogens is 360 g/mol. The first kappa shape index (κ1) is 17.4. The number of piperidine rings is 3. The van der Waals surface area contributed by atoms with E-state index in [4.69, 9.17) is 0 Å². The number of sulfonamides is 1. The Balaban J connectivity index is 1.57. The molecule has 7 heteroatoms. The molecule has 6 nitrogen and oxygen atoms in total. The largest absolute Gasteiger partial charge is 0.339 e.